The van der Waals surface area contributed by atoms with E-state index in [0.717, 1.165) is 15.2 Å². The maximum absolute atomic E-state index is 11.9. The van der Waals surface area contributed by atoms with Gasteiger partial charge >= 0.3 is 0 Å². The van der Waals surface area contributed by atoms with Crippen molar-refractivity contribution in [1.29, 1.82) is 0 Å². The van der Waals surface area contributed by atoms with Crippen LogP contribution in [-0.2, 0) is 11.8 Å². The number of hydrogen-bond donors (Lipinski definition) is 1. The molecule has 0 atom stereocenters. The molecule has 3 aromatic rings. The van der Waals surface area contributed by atoms with Crippen LogP contribution in [-0.4, -0.2) is 22.3 Å². The summed E-state index contributed by atoms with van der Waals surface area (Å²) in [7, 11) is 1.79. The summed E-state index contributed by atoms with van der Waals surface area (Å²) in [5.41, 5.74) is 0.647. The zero-order valence-electron chi connectivity index (χ0n) is 11.9. The summed E-state index contributed by atoms with van der Waals surface area (Å²) in [6.45, 7) is -0.0637. The molecule has 6 heteroatoms. The zero-order chi connectivity index (χ0) is 15.5. The average molecular weight is 360 g/mol. The largest absolute Gasteiger partial charge is 0.483 e. The molecule has 0 saturated carbocycles. The van der Waals surface area contributed by atoms with Crippen molar-refractivity contribution >= 4 is 38.3 Å². The van der Waals surface area contributed by atoms with E-state index in [0.29, 0.717) is 11.4 Å². The number of ether oxygens (including phenoxy) is 1. The van der Waals surface area contributed by atoms with Crippen molar-refractivity contribution in [1.82, 2.24) is 9.78 Å². The van der Waals surface area contributed by atoms with Crippen molar-refractivity contribution in [3.63, 3.8) is 0 Å². The number of nitrogens with zero attached hydrogens (tertiary/aromatic N) is 2. The molecule has 0 aliphatic rings. The Morgan fingerprint density at radius 2 is 2.14 bits per heavy atom. The van der Waals surface area contributed by atoms with Crippen molar-refractivity contribution in [2.45, 2.75) is 0 Å². The normalized spacial score (nSPS) is 10.6. The monoisotopic (exact) mass is 359 g/mol. The highest BCUT2D eigenvalue weighted by Gasteiger charge is 2.09. The first-order valence-electron chi connectivity index (χ1n) is 6.72. The summed E-state index contributed by atoms with van der Waals surface area (Å²) in [5, 5.41) is 8.88. The number of hydrogen-bond acceptors (Lipinski definition) is 3. The molecule has 0 bridgehead atoms. The number of aromatic nitrogens is 2. The second-order valence-electron chi connectivity index (χ2n) is 4.84. The van der Waals surface area contributed by atoms with E-state index >= 15 is 0 Å². The van der Waals surface area contributed by atoms with Crippen LogP contribution in [0.1, 0.15) is 0 Å². The minimum Gasteiger partial charge on any atom is -0.483 e. The Kier molecular flexibility index (Phi) is 4.11. The third-order valence-electron chi connectivity index (χ3n) is 3.18. The number of anilines is 1. The van der Waals surface area contributed by atoms with Gasteiger partial charge in [-0.05, 0) is 32.8 Å². The number of fused-ring (bicyclic) bond motifs is 1. The predicted octanol–water partition coefficient (Wildman–Crippen LogP) is 3.35. The van der Waals surface area contributed by atoms with Gasteiger partial charge < -0.3 is 10.1 Å². The first-order valence-corrected chi connectivity index (χ1v) is 7.51. The summed E-state index contributed by atoms with van der Waals surface area (Å²) in [5.74, 6) is 0.410. The lowest BCUT2D eigenvalue weighted by Crippen LogP contribution is -2.20. The van der Waals surface area contributed by atoms with Gasteiger partial charge in [0.25, 0.3) is 5.91 Å². The molecule has 22 heavy (non-hydrogen) atoms. The fourth-order valence-electron chi connectivity index (χ4n) is 2.15. The van der Waals surface area contributed by atoms with Crippen LogP contribution < -0.4 is 10.1 Å². The highest BCUT2D eigenvalue weighted by Crippen LogP contribution is 2.32. The molecule has 0 aliphatic heterocycles. The second kappa shape index (κ2) is 6.19. The molecule has 1 N–H and O–H groups in total. The average Bonchev–Trinajstić information content (AvgIpc) is 2.92. The van der Waals surface area contributed by atoms with Crippen molar-refractivity contribution in [3.8, 4) is 5.75 Å². The van der Waals surface area contributed by atoms with E-state index in [9.17, 15) is 4.79 Å². The summed E-state index contributed by atoms with van der Waals surface area (Å²) in [6.07, 6.45) is 3.31. The quantitative estimate of drug-likeness (QED) is 0.776. The number of carbonyl (C=O) groups is 1. The second-order valence-corrected chi connectivity index (χ2v) is 5.63. The van der Waals surface area contributed by atoms with E-state index in [-0.39, 0.29) is 12.5 Å². The van der Waals surface area contributed by atoms with Crippen LogP contribution in [0.5, 0.6) is 5.75 Å². The first-order chi connectivity index (χ1) is 10.6. The SMILES string of the molecule is Cn1cc(NC(=O)COc2ccc3ccccc3c2Br)cn1. The smallest absolute Gasteiger partial charge is 0.262 e. The number of benzene rings is 2. The third-order valence-corrected chi connectivity index (χ3v) is 3.99. The number of halogens is 1. The number of nitrogens with one attached hydrogen (secondary N) is 1. The van der Waals surface area contributed by atoms with Crippen molar-refractivity contribution in [2.24, 2.45) is 7.05 Å². The van der Waals surface area contributed by atoms with Gasteiger partial charge in [0.15, 0.2) is 6.61 Å². The van der Waals surface area contributed by atoms with Crippen LogP contribution in [0.2, 0.25) is 0 Å². The van der Waals surface area contributed by atoms with E-state index in [4.69, 9.17) is 4.74 Å². The molecule has 1 heterocycles. The van der Waals surface area contributed by atoms with Crippen molar-refractivity contribution in [2.75, 3.05) is 11.9 Å². The van der Waals surface area contributed by atoms with E-state index < -0.39 is 0 Å². The van der Waals surface area contributed by atoms with Gasteiger partial charge in [-0.25, -0.2) is 0 Å². The van der Waals surface area contributed by atoms with Crippen LogP contribution in [0.3, 0.4) is 0 Å². The molecule has 0 spiro atoms. The van der Waals surface area contributed by atoms with Gasteiger partial charge in [0.2, 0.25) is 0 Å². The fourth-order valence-corrected chi connectivity index (χ4v) is 2.76. The summed E-state index contributed by atoms with van der Waals surface area (Å²) in [4.78, 5) is 11.9. The molecule has 2 aromatic carbocycles. The van der Waals surface area contributed by atoms with Crippen molar-refractivity contribution in [3.05, 3.63) is 53.3 Å². The van der Waals surface area contributed by atoms with Crippen LogP contribution in [0.25, 0.3) is 10.8 Å². The molecule has 0 unspecified atom stereocenters. The Labute approximate surface area is 136 Å². The first kappa shape index (κ1) is 14.6. The molecule has 3 rings (SSSR count). The van der Waals surface area contributed by atoms with Gasteiger partial charge in [-0.2, -0.15) is 5.10 Å². The third kappa shape index (κ3) is 3.12. The number of amides is 1. The van der Waals surface area contributed by atoms with Gasteiger partial charge in [-0.15, -0.1) is 0 Å². The molecule has 1 amide bonds. The number of carbonyl (C=O) groups excluding carboxylic acids is 1. The molecule has 112 valence electrons. The number of aryl methyl sites for hydroxylation is 1. The molecular formula is C16H14BrN3O2. The highest BCUT2D eigenvalue weighted by molar-refractivity contribution is 9.10. The summed E-state index contributed by atoms with van der Waals surface area (Å²) < 4.78 is 8.07. The minimum atomic E-state index is -0.229. The summed E-state index contributed by atoms with van der Waals surface area (Å²) in [6, 6.07) is 11.8. The molecule has 0 aliphatic carbocycles. The summed E-state index contributed by atoms with van der Waals surface area (Å²) >= 11 is 3.53. The molecule has 0 radical (unpaired) electrons. The fraction of sp³-hybridized carbons (Fsp3) is 0.125. The minimum absolute atomic E-state index is 0.0637. The van der Waals surface area contributed by atoms with Gasteiger partial charge in [-0.3, -0.25) is 9.48 Å². The van der Waals surface area contributed by atoms with Crippen LogP contribution in [0, 0.1) is 0 Å². The lowest BCUT2D eigenvalue weighted by Gasteiger charge is -2.10. The zero-order valence-corrected chi connectivity index (χ0v) is 13.5. The number of rotatable bonds is 4. The Hall–Kier alpha value is -2.34. The highest BCUT2D eigenvalue weighted by atomic mass is 79.9. The van der Waals surface area contributed by atoms with E-state index in [1.165, 1.54) is 0 Å². The lowest BCUT2D eigenvalue weighted by atomic mass is 10.1. The van der Waals surface area contributed by atoms with Gasteiger partial charge in [0.05, 0.1) is 16.4 Å². The van der Waals surface area contributed by atoms with Crippen LogP contribution in [0.4, 0.5) is 5.69 Å². The van der Waals surface area contributed by atoms with Crippen LogP contribution >= 0.6 is 15.9 Å². The van der Waals surface area contributed by atoms with E-state index in [2.05, 4.69) is 26.3 Å². The maximum atomic E-state index is 11.9. The van der Waals surface area contributed by atoms with Gasteiger partial charge in [-0.1, -0.05) is 30.3 Å². The maximum Gasteiger partial charge on any atom is 0.262 e. The molecule has 1 aromatic heterocycles. The molecule has 0 fully saturated rings. The van der Waals surface area contributed by atoms with Gasteiger partial charge in [0, 0.05) is 13.2 Å². The Bertz CT molecular complexity index is 829. The van der Waals surface area contributed by atoms with Crippen LogP contribution in [0.15, 0.2) is 53.3 Å². The predicted molar refractivity (Wildman–Crippen MR) is 89.0 cm³/mol. The van der Waals surface area contributed by atoms with Gasteiger partial charge in [0.1, 0.15) is 5.75 Å². The Morgan fingerprint density at radius 3 is 2.91 bits per heavy atom. The van der Waals surface area contributed by atoms with E-state index in [1.54, 1.807) is 24.1 Å². The van der Waals surface area contributed by atoms with E-state index in [1.807, 2.05) is 36.4 Å². The topological polar surface area (TPSA) is 56.2 Å². The Morgan fingerprint density at radius 1 is 1.32 bits per heavy atom. The van der Waals surface area contributed by atoms with Crippen molar-refractivity contribution < 1.29 is 9.53 Å². The molecular weight excluding hydrogens is 346 g/mol. The standard InChI is InChI=1S/C16H14BrN3O2/c1-20-9-12(8-18-20)19-15(21)10-22-14-7-6-11-4-2-3-5-13(11)16(14)17/h2-9H,10H2,1H3,(H,19,21). The lowest BCUT2D eigenvalue weighted by molar-refractivity contribution is -0.118. The molecule has 0 saturated heterocycles. The Balaban J connectivity index is 1.68. The molecule has 5 nitrogen and oxygen atoms in total.